The Labute approximate surface area is 191 Å². The summed E-state index contributed by atoms with van der Waals surface area (Å²) < 4.78 is 14.9. The van der Waals surface area contributed by atoms with Crippen LogP contribution in [0.4, 0.5) is 4.79 Å². The van der Waals surface area contributed by atoms with E-state index in [4.69, 9.17) is 14.5 Å². The predicted molar refractivity (Wildman–Crippen MR) is 124 cm³/mol. The average molecular weight is 486 g/mol. The molecule has 7 heteroatoms. The Morgan fingerprint density at radius 2 is 1.90 bits per heavy atom. The standard InChI is InChI=1S/C24H28BrN3O3/c1-24(2,3)31-23(29)27-14-6-7-19(27)16-30-22-26-20-8-4-5-9-21(20)28(22)15-17-10-12-18(25)13-11-17/h4-5,8-13,19H,6-7,14-16H2,1-3H3/t19-/m0/s1. The Morgan fingerprint density at radius 1 is 1.16 bits per heavy atom. The highest BCUT2D eigenvalue weighted by Crippen LogP contribution is 2.26. The minimum absolute atomic E-state index is 0.0178. The van der Waals surface area contributed by atoms with E-state index < -0.39 is 5.60 Å². The van der Waals surface area contributed by atoms with Gasteiger partial charge in [0.2, 0.25) is 0 Å². The monoisotopic (exact) mass is 485 g/mol. The summed E-state index contributed by atoms with van der Waals surface area (Å²) in [7, 11) is 0. The van der Waals surface area contributed by atoms with Crippen molar-refractivity contribution in [1.29, 1.82) is 0 Å². The van der Waals surface area contributed by atoms with Crippen LogP contribution in [0.5, 0.6) is 6.01 Å². The Morgan fingerprint density at radius 3 is 2.65 bits per heavy atom. The van der Waals surface area contributed by atoms with Gasteiger partial charge in [-0.15, -0.1) is 0 Å². The maximum absolute atomic E-state index is 12.6. The number of aromatic nitrogens is 2. The van der Waals surface area contributed by atoms with E-state index in [9.17, 15) is 4.79 Å². The fourth-order valence-electron chi connectivity index (χ4n) is 3.83. The van der Waals surface area contributed by atoms with E-state index in [1.54, 1.807) is 4.90 Å². The van der Waals surface area contributed by atoms with Crippen LogP contribution in [-0.4, -0.2) is 45.3 Å². The van der Waals surface area contributed by atoms with Crippen LogP contribution < -0.4 is 4.74 Å². The van der Waals surface area contributed by atoms with E-state index in [0.29, 0.717) is 25.7 Å². The number of carbonyl (C=O) groups is 1. The first-order chi connectivity index (χ1) is 14.8. The van der Waals surface area contributed by atoms with Crippen molar-refractivity contribution >= 4 is 33.1 Å². The third kappa shape index (κ3) is 5.21. The summed E-state index contributed by atoms with van der Waals surface area (Å²) in [6.07, 6.45) is 1.57. The van der Waals surface area contributed by atoms with Gasteiger partial charge in [0.1, 0.15) is 12.2 Å². The van der Waals surface area contributed by atoms with Crippen LogP contribution in [0.2, 0.25) is 0 Å². The van der Waals surface area contributed by atoms with Gasteiger partial charge in [0.15, 0.2) is 0 Å². The van der Waals surface area contributed by atoms with E-state index in [1.165, 1.54) is 0 Å². The summed E-state index contributed by atoms with van der Waals surface area (Å²) in [4.78, 5) is 19.1. The molecule has 31 heavy (non-hydrogen) atoms. The van der Waals surface area contributed by atoms with Crippen LogP contribution in [0.3, 0.4) is 0 Å². The molecule has 0 aliphatic carbocycles. The van der Waals surface area contributed by atoms with Crippen molar-refractivity contribution in [2.45, 2.75) is 51.8 Å². The molecular formula is C24H28BrN3O3. The van der Waals surface area contributed by atoms with Crippen LogP contribution in [0.1, 0.15) is 39.2 Å². The first kappa shape index (κ1) is 21.7. The maximum Gasteiger partial charge on any atom is 0.410 e. The van der Waals surface area contributed by atoms with Gasteiger partial charge in [-0.3, -0.25) is 4.57 Å². The Hall–Kier alpha value is -2.54. The molecule has 0 saturated carbocycles. The minimum atomic E-state index is -0.510. The van der Waals surface area contributed by atoms with Gasteiger partial charge in [-0.2, -0.15) is 4.98 Å². The van der Waals surface area contributed by atoms with Gasteiger partial charge in [0, 0.05) is 11.0 Å². The SMILES string of the molecule is CC(C)(C)OC(=O)N1CCC[C@H]1COc1nc2ccccc2n1Cc1ccc(Br)cc1. The smallest absolute Gasteiger partial charge is 0.410 e. The minimum Gasteiger partial charge on any atom is -0.462 e. The van der Waals surface area contributed by atoms with Crippen molar-refractivity contribution in [2.24, 2.45) is 0 Å². The molecule has 1 aliphatic heterocycles. The van der Waals surface area contributed by atoms with Crippen LogP contribution in [0.15, 0.2) is 53.0 Å². The zero-order valence-corrected chi connectivity index (χ0v) is 19.8. The molecule has 0 N–H and O–H groups in total. The Kier molecular flexibility index (Phi) is 6.23. The van der Waals surface area contributed by atoms with E-state index in [2.05, 4.69) is 38.7 Å². The number of fused-ring (bicyclic) bond motifs is 1. The molecule has 3 aromatic rings. The van der Waals surface area contributed by atoms with Gasteiger partial charge < -0.3 is 14.4 Å². The van der Waals surface area contributed by atoms with Crippen molar-refractivity contribution in [3.8, 4) is 6.01 Å². The molecule has 2 aromatic carbocycles. The van der Waals surface area contributed by atoms with Crippen molar-refractivity contribution in [2.75, 3.05) is 13.2 Å². The first-order valence-electron chi connectivity index (χ1n) is 10.6. The summed E-state index contributed by atoms with van der Waals surface area (Å²) in [5.74, 6) is 0. The highest BCUT2D eigenvalue weighted by atomic mass is 79.9. The number of benzene rings is 2. The second-order valence-electron chi connectivity index (χ2n) is 8.88. The normalized spacial score (nSPS) is 16.6. The Bertz CT molecular complexity index is 1060. The molecule has 0 bridgehead atoms. The summed E-state index contributed by atoms with van der Waals surface area (Å²) in [6.45, 7) is 7.40. The van der Waals surface area contributed by atoms with Crippen molar-refractivity contribution in [1.82, 2.24) is 14.5 Å². The number of ether oxygens (including phenoxy) is 2. The van der Waals surface area contributed by atoms with Gasteiger partial charge in [-0.25, -0.2) is 4.79 Å². The molecule has 4 rings (SSSR count). The molecule has 0 spiro atoms. The lowest BCUT2D eigenvalue weighted by molar-refractivity contribution is 0.0183. The number of hydrogen-bond acceptors (Lipinski definition) is 4. The first-order valence-corrected chi connectivity index (χ1v) is 11.4. The average Bonchev–Trinajstić information content (AvgIpc) is 3.32. The molecule has 1 aliphatic rings. The number of carbonyl (C=O) groups excluding carboxylic acids is 1. The summed E-state index contributed by atoms with van der Waals surface area (Å²) in [5.41, 5.74) is 2.57. The molecule has 0 unspecified atom stereocenters. The van der Waals surface area contributed by atoms with Crippen LogP contribution in [0.25, 0.3) is 11.0 Å². The second-order valence-corrected chi connectivity index (χ2v) is 9.79. The lowest BCUT2D eigenvalue weighted by Gasteiger charge is -2.28. The van der Waals surface area contributed by atoms with E-state index in [-0.39, 0.29) is 12.1 Å². The van der Waals surface area contributed by atoms with Gasteiger partial charge in [0.25, 0.3) is 6.01 Å². The molecule has 1 atom stereocenters. The number of amides is 1. The highest BCUT2D eigenvalue weighted by molar-refractivity contribution is 9.10. The zero-order valence-electron chi connectivity index (χ0n) is 18.2. The highest BCUT2D eigenvalue weighted by Gasteiger charge is 2.33. The van der Waals surface area contributed by atoms with Crippen LogP contribution in [-0.2, 0) is 11.3 Å². The number of halogens is 1. The van der Waals surface area contributed by atoms with Gasteiger partial charge >= 0.3 is 6.09 Å². The van der Waals surface area contributed by atoms with Crippen molar-refractivity contribution in [3.63, 3.8) is 0 Å². The summed E-state index contributed by atoms with van der Waals surface area (Å²) in [6, 6.07) is 16.8. The molecule has 1 aromatic heterocycles. The summed E-state index contributed by atoms with van der Waals surface area (Å²) >= 11 is 3.49. The van der Waals surface area contributed by atoms with Gasteiger partial charge in [-0.05, 0) is 63.4 Å². The molecule has 164 valence electrons. The third-order valence-corrected chi connectivity index (χ3v) is 5.81. The van der Waals surface area contributed by atoms with E-state index in [0.717, 1.165) is 33.9 Å². The molecular weight excluding hydrogens is 458 g/mol. The van der Waals surface area contributed by atoms with Crippen molar-refractivity contribution < 1.29 is 14.3 Å². The molecule has 0 radical (unpaired) electrons. The number of rotatable bonds is 5. The van der Waals surface area contributed by atoms with Crippen LogP contribution >= 0.6 is 15.9 Å². The number of imidazole rings is 1. The largest absolute Gasteiger partial charge is 0.462 e. The molecule has 2 heterocycles. The predicted octanol–water partition coefficient (Wildman–Crippen LogP) is 5.63. The fraction of sp³-hybridized carbons (Fsp3) is 0.417. The molecule has 1 fully saturated rings. The van der Waals surface area contributed by atoms with E-state index in [1.807, 2.05) is 51.1 Å². The second kappa shape index (κ2) is 8.91. The molecule has 1 amide bonds. The zero-order chi connectivity index (χ0) is 22.0. The quantitative estimate of drug-likeness (QED) is 0.470. The topological polar surface area (TPSA) is 56.6 Å². The summed E-state index contributed by atoms with van der Waals surface area (Å²) in [5, 5.41) is 0. The molecule has 6 nitrogen and oxygen atoms in total. The number of para-hydroxylation sites is 2. The molecule has 1 saturated heterocycles. The fourth-order valence-corrected chi connectivity index (χ4v) is 4.09. The third-order valence-electron chi connectivity index (χ3n) is 5.28. The number of hydrogen-bond donors (Lipinski definition) is 0. The maximum atomic E-state index is 12.6. The number of likely N-dealkylation sites (tertiary alicyclic amines) is 1. The lowest BCUT2D eigenvalue weighted by atomic mass is 10.2. The van der Waals surface area contributed by atoms with Gasteiger partial charge in [-0.1, -0.05) is 40.2 Å². The van der Waals surface area contributed by atoms with Gasteiger partial charge in [0.05, 0.1) is 23.6 Å². The number of nitrogens with zero attached hydrogens (tertiary/aromatic N) is 3. The lowest BCUT2D eigenvalue weighted by Crippen LogP contribution is -2.42. The van der Waals surface area contributed by atoms with Crippen LogP contribution in [0, 0.1) is 0 Å². The van der Waals surface area contributed by atoms with E-state index >= 15 is 0 Å². The van der Waals surface area contributed by atoms with Crippen molar-refractivity contribution in [3.05, 3.63) is 58.6 Å². The Balaban J connectivity index is 1.53.